The van der Waals surface area contributed by atoms with Crippen LogP contribution in [0.25, 0.3) is 0 Å². The molecule has 1 N–H and O–H groups in total. The van der Waals surface area contributed by atoms with E-state index in [4.69, 9.17) is 4.74 Å². The molecule has 2 saturated heterocycles. The summed E-state index contributed by atoms with van der Waals surface area (Å²) in [6.45, 7) is 5.11. The van der Waals surface area contributed by atoms with E-state index in [0.29, 0.717) is 18.6 Å². The van der Waals surface area contributed by atoms with Gasteiger partial charge in [0.15, 0.2) is 0 Å². The van der Waals surface area contributed by atoms with Crippen molar-refractivity contribution in [2.24, 2.45) is 5.92 Å². The van der Waals surface area contributed by atoms with Gasteiger partial charge in [0.25, 0.3) is 0 Å². The van der Waals surface area contributed by atoms with Crippen LogP contribution in [0.5, 0.6) is 0 Å². The molecule has 2 atom stereocenters. The number of amides is 1. The van der Waals surface area contributed by atoms with Crippen molar-refractivity contribution in [2.75, 3.05) is 26.2 Å². The van der Waals surface area contributed by atoms with Gasteiger partial charge in [0.2, 0.25) is 0 Å². The molecule has 0 spiro atoms. The zero-order valence-corrected chi connectivity index (χ0v) is 7.95. The van der Waals surface area contributed by atoms with Crippen molar-refractivity contribution in [1.29, 1.82) is 0 Å². The Kier molecular flexibility index (Phi) is 2.40. The number of ether oxygens (including phenoxy) is 1. The summed E-state index contributed by atoms with van der Waals surface area (Å²) in [4.78, 5) is 13.2. The quantitative estimate of drug-likeness (QED) is 0.643. The average Bonchev–Trinajstić information content (AvgIpc) is 2.61. The molecule has 74 valence electrons. The Morgan fingerprint density at radius 1 is 1.62 bits per heavy atom. The molecule has 0 aromatic heterocycles. The maximum Gasteiger partial charge on any atom is 0.409 e. The molecular formula is C9H16N2O2. The lowest BCUT2D eigenvalue weighted by atomic mass is 10.1. The summed E-state index contributed by atoms with van der Waals surface area (Å²) >= 11 is 0. The third-order valence-corrected chi connectivity index (χ3v) is 2.89. The van der Waals surface area contributed by atoms with Crippen LogP contribution in [0.1, 0.15) is 13.3 Å². The molecule has 0 aromatic carbocycles. The molecule has 1 amide bonds. The predicted octanol–water partition coefficient (Wildman–Crippen LogP) is 0.437. The lowest BCUT2D eigenvalue weighted by Gasteiger charge is -2.16. The lowest BCUT2D eigenvalue weighted by molar-refractivity contribution is 0.113. The van der Waals surface area contributed by atoms with Crippen LogP contribution < -0.4 is 5.32 Å². The second-order valence-electron chi connectivity index (χ2n) is 3.71. The lowest BCUT2D eigenvalue weighted by Crippen LogP contribution is -2.34. The summed E-state index contributed by atoms with van der Waals surface area (Å²) in [5.41, 5.74) is 0. The molecule has 0 aliphatic carbocycles. The van der Waals surface area contributed by atoms with Crippen LogP contribution in [0.4, 0.5) is 4.79 Å². The van der Waals surface area contributed by atoms with E-state index < -0.39 is 0 Å². The van der Waals surface area contributed by atoms with Gasteiger partial charge in [-0.3, -0.25) is 0 Å². The molecule has 0 aromatic rings. The van der Waals surface area contributed by atoms with Crippen LogP contribution in [0, 0.1) is 5.92 Å². The van der Waals surface area contributed by atoms with Gasteiger partial charge in [-0.2, -0.15) is 0 Å². The highest BCUT2D eigenvalue weighted by atomic mass is 16.6. The highest BCUT2D eigenvalue weighted by molar-refractivity contribution is 5.68. The van der Waals surface area contributed by atoms with E-state index in [9.17, 15) is 4.79 Å². The standard InChI is InChI=1S/C9H16N2O2/c1-2-13-9(12)11-5-7-3-4-10-8(7)6-11/h7-8,10H,2-6H2,1H3/t7-,8+/m1/s1. The van der Waals surface area contributed by atoms with Crippen molar-refractivity contribution in [3.05, 3.63) is 0 Å². The smallest absolute Gasteiger partial charge is 0.409 e. The van der Waals surface area contributed by atoms with Crippen LogP contribution in [0.15, 0.2) is 0 Å². The zero-order valence-electron chi connectivity index (χ0n) is 7.95. The van der Waals surface area contributed by atoms with Crippen molar-refractivity contribution in [3.8, 4) is 0 Å². The molecule has 2 aliphatic heterocycles. The number of rotatable bonds is 1. The molecule has 4 heteroatoms. The zero-order chi connectivity index (χ0) is 9.26. The van der Waals surface area contributed by atoms with Gasteiger partial charge in [0, 0.05) is 19.1 Å². The van der Waals surface area contributed by atoms with Gasteiger partial charge >= 0.3 is 6.09 Å². The van der Waals surface area contributed by atoms with E-state index in [1.165, 1.54) is 6.42 Å². The summed E-state index contributed by atoms with van der Waals surface area (Å²) < 4.78 is 4.95. The number of hydrogen-bond acceptors (Lipinski definition) is 3. The van der Waals surface area contributed by atoms with E-state index in [-0.39, 0.29) is 6.09 Å². The summed E-state index contributed by atoms with van der Waals surface area (Å²) in [6, 6.07) is 0.518. The number of carbonyl (C=O) groups is 1. The number of nitrogens with one attached hydrogen (secondary N) is 1. The van der Waals surface area contributed by atoms with Crippen LogP contribution >= 0.6 is 0 Å². The van der Waals surface area contributed by atoms with E-state index in [0.717, 1.165) is 19.6 Å². The Hall–Kier alpha value is -0.770. The van der Waals surface area contributed by atoms with Crippen LogP contribution in [-0.2, 0) is 4.74 Å². The molecule has 0 saturated carbocycles. The van der Waals surface area contributed by atoms with E-state index in [2.05, 4.69) is 5.32 Å². The van der Waals surface area contributed by atoms with Gasteiger partial charge in [0.1, 0.15) is 0 Å². The molecule has 2 heterocycles. The minimum absolute atomic E-state index is 0.154. The van der Waals surface area contributed by atoms with E-state index >= 15 is 0 Å². The molecule has 0 unspecified atom stereocenters. The first kappa shape index (κ1) is 8.81. The van der Waals surface area contributed by atoms with Gasteiger partial charge in [-0.25, -0.2) is 4.79 Å². The van der Waals surface area contributed by atoms with Crippen LogP contribution in [0.3, 0.4) is 0 Å². The van der Waals surface area contributed by atoms with E-state index in [1.807, 2.05) is 11.8 Å². The fraction of sp³-hybridized carbons (Fsp3) is 0.889. The normalized spacial score (nSPS) is 31.9. The highest BCUT2D eigenvalue weighted by Crippen LogP contribution is 2.24. The van der Waals surface area contributed by atoms with Gasteiger partial charge < -0.3 is 15.0 Å². The molecule has 13 heavy (non-hydrogen) atoms. The largest absolute Gasteiger partial charge is 0.450 e. The minimum Gasteiger partial charge on any atom is -0.450 e. The first-order valence-electron chi connectivity index (χ1n) is 4.96. The van der Waals surface area contributed by atoms with Crippen molar-refractivity contribution in [3.63, 3.8) is 0 Å². The highest BCUT2D eigenvalue weighted by Gasteiger charge is 2.38. The topological polar surface area (TPSA) is 41.6 Å². The fourth-order valence-electron chi connectivity index (χ4n) is 2.21. The third-order valence-electron chi connectivity index (χ3n) is 2.89. The van der Waals surface area contributed by atoms with Crippen molar-refractivity contribution < 1.29 is 9.53 Å². The summed E-state index contributed by atoms with van der Waals surface area (Å²) in [5, 5.41) is 3.40. The van der Waals surface area contributed by atoms with Crippen molar-refractivity contribution in [1.82, 2.24) is 10.2 Å². The minimum atomic E-state index is -0.154. The number of likely N-dealkylation sites (tertiary alicyclic amines) is 1. The van der Waals surface area contributed by atoms with Gasteiger partial charge in [-0.05, 0) is 25.8 Å². The Morgan fingerprint density at radius 3 is 3.15 bits per heavy atom. The summed E-state index contributed by atoms with van der Waals surface area (Å²) in [5.74, 6) is 0.657. The monoisotopic (exact) mass is 184 g/mol. The number of fused-ring (bicyclic) bond motifs is 1. The van der Waals surface area contributed by atoms with Crippen LogP contribution in [-0.4, -0.2) is 43.3 Å². The van der Waals surface area contributed by atoms with E-state index in [1.54, 1.807) is 0 Å². The molecule has 2 aliphatic rings. The summed E-state index contributed by atoms with van der Waals surface area (Å²) in [7, 11) is 0. The Balaban J connectivity index is 1.87. The maximum absolute atomic E-state index is 11.4. The second kappa shape index (κ2) is 3.54. The number of hydrogen-bond donors (Lipinski definition) is 1. The first-order valence-corrected chi connectivity index (χ1v) is 4.96. The Labute approximate surface area is 78.2 Å². The SMILES string of the molecule is CCOC(=O)N1C[C@H]2CCN[C@H]2C1. The van der Waals surface area contributed by atoms with Gasteiger partial charge in [0.05, 0.1) is 6.61 Å². The van der Waals surface area contributed by atoms with Gasteiger partial charge in [-0.15, -0.1) is 0 Å². The molecule has 0 radical (unpaired) electrons. The predicted molar refractivity (Wildman–Crippen MR) is 48.5 cm³/mol. The molecule has 0 bridgehead atoms. The van der Waals surface area contributed by atoms with Gasteiger partial charge in [-0.1, -0.05) is 0 Å². The maximum atomic E-state index is 11.4. The Bertz CT molecular complexity index is 196. The third kappa shape index (κ3) is 1.63. The second-order valence-corrected chi connectivity index (χ2v) is 3.71. The first-order chi connectivity index (χ1) is 6.31. The van der Waals surface area contributed by atoms with Crippen LogP contribution in [0.2, 0.25) is 0 Å². The Morgan fingerprint density at radius 2 is 2.46 bits per heavy atom. The average molecular weight is 184 g/mol. The molecule has 2 rings (SSSR count). The number of nitrogens with zero attached hydrogens (tertiary/aromatic N) is 1. The number of carbonyl (C=O) groups excluding carboxylic acids is 1. The molecular weight excluding hydrogens is 168 g/mol. The molecule has 2 fully saturated rings. The summed E-state index contributed by atoms with van der Waals surface area (Å²) in [6.07, 6.45) is 1.04. The fourth-order valence-corrected chi connectivity index (χ4v) is 2.21. The van der Waals surface area contributed by atoms with Crippen molar-refractivity contribution in [2.45, 2.75) is 19.4 Å². The van der Waals surface area contributed by atoms with Crippen molar-refractivity contribution >= 4 is 6.09 Å². The molecule has 4 nitrogen and oxygen atoms in total.